The van der Waals surface area contributed by atoms with Crippen molar-refractivity contribution < 1.29 is 0 Å². The molecule has 1 aromatic heterocycles. The van der Waals surface area contributed by atoms with Crippen LogP contribution in [0.25, 0.3) is 0 Å². The van der Waals surface area contributed by atoms with Crippen molar-refractivity contribution in [1.29, 1.82) is 0 Å². The van der Waals surface area contributed by atoms with E-state index < -0.39 is 0 Å². The van der Waals surface area contributed by atoms with E-state index in [0.29, 0.717) is 18.5 Å². The minimum Gasteiger partial charge on any atom is -0.370 e. The molecule has 4 nitrogen and oxygen atoms in total. The third-order valence-corrected chi connectivity index (χ3v) is 6.23. The molecule has 1 aromatic carbocycles. The molecule has 1 fully saturated rings. The Hall–Kier alpha value is -1.12. The minimum atomic E-state index is 0. The first-order valence-electron chi connectivity index (χ1n) is 9.26. The molecule has 0 amide bonds. The molecular weight excluding hydrogens is 455 g/mol. The van der Waals surface area contributed by atoms with E-state index in [1.807, 2.05) is 11.3 Å². The number of hydrogen-bond acceptors (Lipinski definition) is 3. The van der Waals surface area contributed by atoms with Gasteiger partial charge < -0.3 is 11.1 Å². The molecule has 0 spiro atoms. The average molecular weight is 482 g/mol. The maximum Gasteiger partial charge on any atom is 0.193 e. The molecule has 1 atom stereocenters. The maximum atomic E-state index is 6.18. The Morgan fingerprint density at radius 1 is 1.15 bits per heavy atom. The fraction of sp³-hybridized carbons (Fsp3) is 0.450. The Morgan fingerprint density at radius 3 is 2.73 bits per heavy atom. The summed E-state index contributed by atoms with van der Waals surface area (Å²) in [6, 6.07) is 11.2. The predicted octanol–water partition coefficient (Wildman–Crippen LogP) is 4.42. The summed E-state index contributed by atoms with van der Waals surface area (Å²) in [4.78, 5) is 8.59. The van der Waals surface area contributed by atoms with Gasteiger partial charge >= 0.3 is 0 Å². The summed E-state index contributed by atoms with van der Waals surface area (Å²) >= 11 is 1.81. The predicted molar refractivity (Wildman–Crippen MR) is 122 cm³/mol. The molecule has 0 saturated carbocycles. The smallest absolute Gasteiger partial charge is 0.193 e. The summed E-state index contributed by atoms with van der Waals surface area (Å²) in [5.41, 5.74) is 10.2. The van der Waals surface area contributed by atoms with Crippen LogP contribution in [0.15, 0.2) is 40.7 Å². The number of benzene rings is 1. The van der Waals surface area contributed by atoms with Gasteiger partial charge in [0.25, 0.3) is 0 Å². The molecule has 1 unspecified atom stereocenters. The van der Waals surface area contributed by atoms with E-state index in [9.17, 15) is 0 Å². The highest BCUT2D eigenvalue weighted by Gasteiger charge is 2.24. The number of aliphatic imine (C=N–C) groups is 1. The quantitative estimate of drug-likeness (QED) is 0.377. The third-order valence-electron chi connectivity index (χ3n) is 5.26. The average Bonchev–Trinajstić information content (AvgIpc) is 3.37. The lowest BCUT2D eigenvalue weighted by Gasteiger charge is -2.25. The van der Waals surface area contributed by atoms with Gasteiger partial charge in [0, 0.05) is 10.6 Å². The first kappa shape index (κ1) is 19.6. The van der Waals surface area contributed by atoms with Crippen LogP contribution in [0.3, 0.4) is 0 Å². The Labute approximate surface area is 176 Å². The van der Waals surface area contributed by atoms with Crippen LogP contribution in [0.4, 0.5) is 5.69 Å². The van der Waals surface area contributed by atoms with Crippen molar-refractivity contribution >= 4 is 47.0 Å². The highest BCUT2D eigenvalue weighted by molar-refractivity contribution is 14.0. The zero-order valence-corrected chi connectivity index (χ0v) is 18.1. The van der Waals surface area contributed by atoms with Crippen LogP contribution in [0.1, 0.15) is 41.3 Å². The molecule has 0 radical (unpaired) electrons. The highest BCUT2D eigenvalue weighted by atomic mass is 127. The van der Waals surface area contributed by atoms with Gasteiger partial charge in [-0.1, -0.05) is 12.1 Å². The van der Waals surface area contributed by atoms with Gasteiger partial charge in [-0.2, -0.15) is 0 Å². The number of likely N-dealkylation sites (tertiary alicyclic amines) is 1. The molecule has 0 bridgehead atoms. The van der Waals surface area contributed by atoms with Gasteiger partial charge in [0.15, 0.2) is 5.96 Å². The Morgan fingerprint density at radius 2 is 1.96 bits per heavy atom. The second kappa shape index (κ2) is 9.19. The third kappa shape index (κ3) is 4.58. The van der Waals surface area contributed by atoms with Crippen molar-refractivity contribution in [3.05, 3.63) is 51.7 Å². The summed E-state index contributed by atoms with van der Waals surface area (Å²) in [5.74, 6) is 0.513. The fourth-order valence-corrected chi connectivity index (χ4v) is 4.79. The largest absolute Gasteiger partial charge is 0.370 e. The number of nitrogens with two attached hydrogens (primary N) is 1. The molecule has 1 saturated heterocycles. The van der Waals surface area contributed by atoms with Crippen molar-refractivity contribution in [3.63, 3.8) is 0 Å². The van der Waals surface area contributed by atoms with E-state index in [1.54, 1.807) is 0 Å². The van der Waals surface area contributed by atoms with Crippen molar-refractivity contribution in [2.24, 2.45) is 10.7 Å². The fourth-order valence-electron chi connectivity index (χ4n) is 3.94. The monoisotopic (exact) mass is 482 g/mol. The second-order valence-electron chi connectivity index (χ2n) is 6.96. The second-order valence-corrected chi connectivity index (χ2v) is 7.94. The van der Waals surface area contributed by atoms with Crippen LogP contribution in [-0.2, 0) is 12.8 Å². The molecule has 4 rings (SSSR count). The molecule has 1 aliphatic heterocycles. The molecule has 2 aromatic rings. The van der Waals surface area contributed by atoms with Crippen molar-refractivity contribution in [3.8, 4) is 0 Å². The molecule has 3 N–H and O–H groups in total. The summed E-state index contributed by atoms with van der Waals surface area (Å²) < 4.78 is 0. The number of nitrogens with zero attached hydrogens (tertiary/aromatic N) is 2. The number of aryl methyl sites for hydroxylation is 2. The Bertz CT molecular complexity index is 738. The Balaban J connectivity index is 0.00000196. The molecular formula is C20H27IN4S. The van der Waals surface area contributed by atoms with Gasteiger partial charge in [-0.3, -0.25) is 9.89 Å². The number of hydrogen-bond donors (Lipinski definition) is 2. The first-order chi connectivity index (χ1) is 12.3. The van der Waals surface area contributed by atoms with Crippen molar-refractivity contribution in [1.82, 2.24) is 4.90 Å². The highest BCUT2D eigenvalue weighted by Crippen LogP contribution is 2.29. The number of guanidine groups is 1. The molecule has 1 aliphatic carbocycles. The lowest BCUT2D eigenvalue weighted by Crippen LogP contribution is -2.29. The van der Waals surface area contributed by atoms with Crippen molar-refractivity contribution in [2.45, 2.75) is 38.1 Å². The van der Waals surface area contributed by atoms with Crippen LogP contribution < -0.4 is 11.1 Å². The Kier molecular flexibility index (Phi) is 6.94. The number of nitrogens with one attached hydrogen (secondary N) is 1. The zero-order chi connectivity index (χ0) is 17.1. The van der Waals surface area contributed by atoms with E-state index in [2.05, 4.69) is 50.9 Å². The van der Waals surface area contributed by atoms with Gasteiger partial charge in [-0.25, -0.2) is 0 Å². The number of rotatable bonds is 5. The normalized spacial score (nSPS) is 18.4. The summed E-state index contributed by atoms with van der Waals surface area (Å²) in [5, 5.41) is 5.42. The van der Waals surface area contributed by atoms with E-state index in [0.717, 1.165) is 18.8 Å². The van der Waals surface area contributed by atoms with E-state index in [-0.39, 0.29) is 24.0 Å². The van der Waals surface area contributed by atoms with Gasteiger partial charge in [0.2, 0.25) is 0 Å². The maximum absolute atomic E-state index is 6.18. The van der Waals surface area contributed by atoms with Gasteiger partial charge in [-0.05, 0) is 79.9 Å². The number of thiophene rings is 1. The number of halogens is 1. The van der Waals surface area contributed by atoms with Crippen LogP contribution in [0.2, 0.25) is 0 Å². The lowest BCUT2D eigenvalue weighted by molar-refractivity contribution is 0.255. The van der Waals surface area contributed by atoms with Crippen LogP contribution >= 0.6 is 35.3 Å². The number of anilines is 1. The SMILES string of the molecule is I.NC(=NCC(c1cccs1)N1CCCC1)Nc1ccc2c(c1)CCC2. The lowest BCUT2D eigenvalue weighted by atomic mass is 10.1. The number of fused-ring (bicyclic) bond motifs is 1. The topological polar surface area (TPSA) is 53.6 Å². The molecule has 140 valence electrons. The van der Waals surface area contributed by atoms with E-state index in [1.165, 1.54) is 48.1 Å². The van der Waals surface area contributed by atoms with Gasteiger partial charge in [-0.15, -0.1) is 35.3 Å². The van der Waals surface area contributed by atoms with Crippen LogP contribution in [0, 0.1) is 0 Å². The van der Waals surface area contributed by atoms with Gasteiger partial charge in [0.1, 0.15) is 0 Å². The summed E-state index contributed by atoms with van der Waals surface area (Å²) in [6.45, 7) is 3.04. The minimum absolute atomic E-state index is 0. The van der Waals surface area contributed by atoms with E-state index >= 15 is 0 Å². The van der Waals surface area contributed by atoms with Crippen molar-refractivity contribution in [2.75, 3.05) is 25.0 Å². The van der Waals surface area contributed by atoms with E-state index in [4.69, 9.17) is 5.73 Å². The zero-order valence-electron chi connectivity index (χ0n) is 15.0. The van der Waals surface area contributed by atoms with Gasteiger partial charge in [0.05, 0.1) is 12.6 Å². The van der Waals surface area contributed by atoms with Crippen LogP contribution in [-0.4, -0.2) is 30.5 Å². The standard InChI is InChI=1S/C20H26N4S.HI/c21-20(23-17-9-8-15-5-3-6-16(15)13-17)22-14-18(19-7-4-12-25-19)24-10-1-2-11-24;/h4,7-9,12-13,18H,1-3,5-6,10-11,14H2,(H3,21,22,23);1H. The van der Waals surface area contributed by atoms with Crippen LogP contribution in [0.5, 0.6) is 0 Å². The summed E-state index contributed by atoms with van der Waals surface area (Å²) in [7, 11) is 0. The molecule has 2 heterocycles. The molecule has 6 heteroatoms. The first-order valence-corrected chi connectivity index (χ1v) is 10.1. The summed E-state index contributed by atoms with van der Waals surface area (Å²) in [6.07, 6.45) is 6.22. The molecule has 26 heavy (non-hydrogen) atoms. The molecule has 2 aliphatic rings.